The van der Waals surface area contributed by atoms with Crippen LogP contribution in [-0.4, -0.2) is 23.5 Å². The van der Waals surface area contributed by atoms with E-state index in [9.17, 15) is 9.59 Å². The first kappa shape index (κ1) is 20.9. The molecule has 3 N–H and O–H groups in total. The number of aryl methyl sites for hydroxylation is 2. The molecule has 2 amide bonds. The lowest BCUT2D eigenvalue weighted by atomic mass is 10.1. The van der Waals surface area contributed by atoms with E-state index in [2.05, 4.69) is 39.0 Å². The molecule has 0 spiro atoms. The maximum absolute atomic E-state index is 12.1. The van der Waals surface area contributed by atoms with E-state index in [1.165, 1.54) is 0 Å². The lowest BCUT2D eigenvalue weighted by molar-refractivity contribution is -0.121. The minimum atomic E-state index is -0.441. The first-order chi connectivity index (χ1) is 12.9. The second-order valence-corrected chi connectivity index (χ2v) is 6.94. The van der Waals surface area contributed by atoms with Crippen molar-refractivity contribution in [1.82, 2.24) is 16.2 Å². The summed E-state index contributed by atoms with van der Waals surface area (Å²) in [4.78, 5) is 24.0. The summed E-state index contributed by atoms with van der Waals surface area (Å²) in [5.41, 5.74) is 7.46. The Bertz CT molecular complexity index is 858. The van der Waals surface area contributed by atoms with E-state index in [4.69, 9.17) is 17.0 Å². The van der Waals surface area contributed by atoms with E-state index < -0.39 is 5.91 Å². The van der Waals surface area contributed by atoms with Crippen LogP contribution in [0.25, 0.3) is 0 Å². The summed E-state index contributed by atoms with van der Waals surface area (Å²) in [7, 11) is 0. The van der Waals surface area contributed by atoms with Crippen LogP contribution in [0.5, 0.6) is 5.75 Å². The van der Waals surface area contributed by atoms with Gasteiger partial charge in [0.25, 0.3) is 11.8 Å². The fraction of sp³-hybridized carbons (Fsp3) is 0.211. The number of benzene rings is 2. The Labute approximate surface area is 171 Å². The number of rotatable bonds is 5. The van der Waals surface area contributed by atoms with Crippen LogP contribution in [0.2, 0.25) is 0 Å². The second kappa shape index (κ2) is 10.0. The van der Waals surface area contributed by atoms with Gasteiger partial charge in [-0.25, -0.2) is 0 Å². The summed E-state index contributed by atoms with van der Waals surface area (Å²) in [5, 5.41) is 2.42. The van der Waals surface area contributed by atoms with Gasteiger partial charge in [-0.3, -0.25) is 25.8 Å². The van der Waals surface area contributed by atoms with Crippen molar-refractivity contribution in [2.45, 2.75) is 20.3 Å². The number of amides is 2. The van der Waals surface area contributed by atoms with Gasteiger partial charge in [0, 0.05) is 5.56 Å². The molecular formula is C19H20BrN3O3S. The Morgan fingerprint density at radius 3 is 2.56 bits per heavy atom. The average molecular weight is 450 g/mol. The van der Waals surface area contributed by atoms with Gasteiger partial charge >= 0.3 is 0 Å². The molecule has 0 aromatic heterocycles. The zero-order valence-electron chi connectivity index (χ0n) is 15.0. The maximum atomic E-state index is 12.1. The van der Waals surface area contributed by atoms with Crippen molar-refractivity contribution in [3.8, 4) is 5.75 Å². The van der Waals surface area contributed by atoms with Crippen LogP contribution < -0.4 is 20.9 Å². The number of hydrogen-bond donors (Lipinski definition) is 3. The molecule has 0 saturated carbocycles. The van der Waals surface area contributed by atoms with Crippen LogP contribution in [0.4, 0.5) is 0 Å². The van der Waals surface area contributed by atoms with Crippen molar-refractivity contribution in [2.24, 2.45) is 0 Å². The van der Waals surface area contributed by atoms with Crippen molar-refractivity contribution in [3.05, 3.63) is 63.6 Å². The molecule has 0 radical (unpaired) electrons. The molecule has 0 aliphatic carbocycles. The third-order valence-electron chi connectivity index (χ3n) is 3.70. The van der Waals surface area contributed by atoms with Crippen molar-refractivity contribution >= 4 is 45.1 Å². The first-order valence-electron chi connectivity index (χ1n) is 8.27. The van der Waals surface area contributed by atoms with Crippen molar-refractivity contribution in [2.75, 3.05) is 6.61 Å². The average Bonchev–Trinajstić information content (AvgIpc) is 2.65. The molecule has 0 saturated heterocycles. The van der Waals surface area contributed by atoms with Gasteiger partial charge in [0.05, 0.1) is 4.47 Å². The molecule has 0 aliphatic rings. The maximum Gasteiger partial charge on any atom is 0.269 e. The van der Waals surface area contributed by atoms with E-state index >= 15 is 0 Å². The number of ether oxygens (including phenoxy) is 1. The lowest BCUT2D eigenvalue weighted by Gasteiger charge is -2.13. The van der Waals surface area contributed by atoms with Crippen molar-refractivity contribution in [3.63, 3.8) is 0 Å². The van der Waals surface area contributed by atoms with Crippen LogP contribution in [0.1, 0.15) is 28.4 Å². The third-order valence-corrected chi connectivity index (χ3v) is 4.52. The van der Waals surface area contributed by atoms with Crippen LogP contribution in [0.15, 0.2) is 46.9 Å². The second-order valence-electron chi connectivity index (χ2n) is 5.68. The van der Waals surface area contributed by atoms with E-state index in [0.29, 0.717) is 11.3 Å². The summed E-state index contributed by atoms with van der Waals surface area (Å²) in [6, 6.07) is 12.8. The Morgan fingerprint density at radius 2 is 1.89 bits per heavy atom. The molecule has 0 heterocycles. The number of hydrazine groups is 1. The fourth-order valence-electron chi connectivity index (χ4n) is 2.23. The third kappa shape index (κ3) is 6.33. The largest absolute Gasteiger partial charge is 0.483 e. The quantitative estimate of drug-likeness (QED) is 0.482. The molecule has 142 valence electrons. The number of carbonyl (C=O) groups is 2. The Balaban J connectivity index is 1.78. The summed E-state index contributed by atoms with van der Waals surface area (Å²) < 4.78 is 6.25. The van der Waals surface area contributed by atoms with Gasteiger partial charge in [-0.2, -0.15) is 0 Å². The van der Waals surface area contributed by atoms with E-state index in [-0.39, 0.29) is 17.6 Å². The molecule has 0 unspecified atom stereocenters. The van der Waals surface area contributed by atoms with Crippen molar-refractivity contribution in [1.29, 1.82) is 0 Å². The monoisotopic (exact) mass is 449 g/mol. The highest BCUT2D eigenvalue weighted by molar-refractivity contribution is 9.10. The van der Waals surface area contributed by atoms with E-state index in [1.54, 1.807) is 18.2 Å². The highest BCUT2D eigenvalue weighted by atomic mass is 79.9. The topological polar surface area (TPSA) is 79.5 Å². The summed E-state index contributed by atoms with van der Waals surface area (Å²) in [6.07, 6.45) is 0.910. The molecule has 2 aromatic carbocycles. The van der Waals surface area contributed by atoms with Gasteiger partial charge in [0.1, 0.15) is 5.75 Å². The standard InChI is InChI=1S/C19H20BrN3O3S/c1-3-13-8-9-16(15(20)10-13)26-11-17(24)21-19(27)23-22-18(25)14-7-5-4-6-12(14)2/h4-10H,3,11H2,1-2H3,(H,22,25)(H2,21,23,24,27). The first-order valence-corrected chi connectivity index (χ1v) is 9.47. The normalized spacial score (nSPS) is 10.0. The fourth-order valence-corrected chi connectivity index (χ4v) is 2.93. The molecule has 6 nitrogen and oxygen atoms in total. The smallest absolute Gasteiger partial charge is 0.269 e. The number of carbonyl (C=O) groups excluding carboxylic acids is 2. The summed E-state index contributed by atoms with van der Waals surface area (Å²) >= 11 is 8.41. The van der Waals surface area contributed by atoms with E-state index in [1.807, 2.05) is 31.2 Å². The van der Waals surface area contributed by atoms with Crippen molar-refractivity contribution < 1.29 is 14.3 Å². The molecule has 0 atom stereocenters. The van der Waals surface area contributed by atoms with Crippen LogP contribution in [-0.2, 0) is 11.2 Å². The predicted octanol–water partition coefficient (Wildman–Crippen LogP) is 3.03. The molecule has 27 heavy (non-hydrogen) atoms. The highest BCUT2D eigenvalue weighted by Crippen LogP contribution is 2.26. The molecule has 0 aliphatic heterocycles. The molecule has 2 aromatic rings. The molecule has 8 heteroatoms. The number of halogens is 1. The zero-order valence-corrected chi connectivity index (χ0v) is 17.4. The van der Waals surface area contributed by atoms with Gasteiger partial charge < -0.3 is 4.74 Å². The lowest BCUT2D eigenvalue weighted by Crippen LogP contribution is -2.49. The van der Waals surface area contributed by atoms with Crippen LogP contribution in [0.3, 0.4) is 0 Å². The number of hydrogen-bond acceptors (Lipinski definition) is 4. The van der Waals surface area contributed by atoms with Gasteiger partial charge in [-0.15, -0.1) is 0 Å². The van der Waals surface area contributed by atoms with Crippen LogP contribution >= 0.6 is 28.1 Å². The summed E-state index contributed by atoms with van der Waals surface area (Å²) in [5.74, 6) is -0.223. The minimum absolute atomic E-state index is 0.0223. The highest BCUT2D eigenvalue weighted by Gasteiger charge is 2.11. The predicted molar refractivity (Wildman–Crippen MR) is 112 cm³/mol. The molecule has 2 rings (SSSR count). The van der Waals surface area contributed by atoms with Gasteiger partial charge in [0.2, 0.25) is 0 Å². The molecule has 0 fully saturated rings. The SMILES string of the molecule is CCc1ccc(OCC(=O)NC(=S)NNC(=O)c2ccccc2C)c(Br)c1. The number of nitrogens with one attached hydrogen (secondary N) is 3. The zero-order chi connectivity index (χ0) is 19.8. The Hall–Kier alpha value is -2.45. The summed E-state index contributed by atoms with van der Waals surface area (Å²) in [6.45, 7) is 3.68. The minimum Gasteiger partial charge on any atom is -0.483 e. The Morgan fingerprint density at radius 1 is 1.15 bits per heavy atom. The van der Waals surface area contributed by atoms with Gasteiger partial charge in [0.15, 0.2) is 11.7 Å². The number of thiocarbonyl (C=S) groups is 1. The van der Waals surface area contributed by atoms with Gasteiger partial charge in [-0.1, -0.05) is 31.2 Å². The van der Waals surface area contributed by atoms with E-state index in [0.717, 1.165) is 22.0 Å². The van der Waals surface area contributed by atoms with Crippen LogP contribution in [0, 0.1) is 6.92 Å². The molecular weight excluding hydrogens is 430 g/mol. The Kier molecular flexibility index (Phi) is 7.75. The van der Waals surface area contributed by atoms with Gasteiger partial charge in [-0.05, 0) is 70.8 Å². The molecule has 0 bridgehead atoms.